The Morgan fingerprint density at radius 3 is 2.77 bits per heavy atom. The minimum Gasteiger partial charge on any atom is -0.351 e. The average molecular weight is 380 g/mol. The minimum absolute atomic E-state index is 0.0123. The zero-order valence-electron chi connectivity index (χ0n) is 13.8. The molecule has 0 saturated heterocycles. The van der Waals surface area contributed by atoms with Gasteiger partial charge in [-0.3, -0.25) is 4.79 Å². The number of thiazole rings is 1. The van der Waals surface area contributed by atoms with Crippen molar-refractivity contribution in [3.63, 3.8) is 0 Å². The molecule has 1 amide bonds. The summed E-state index contributed by atoms with van der Waals surface area (Å²) in [5.41, 5.74) is 2.94. The van der Waals surface area contributed by atoms with Crippen LogP contribution in [-0.2, 0) is 11.3 Å². The van der Waals surface area contributed by atoms with Gasteiger partial charge in [0.05, 0.1) is 27.9 Å². The topological polar surface area (TPSA) is 59.8 Å². The number of hydrogen-bond acceptors (Lipinski definition) is 5. The fourth-order valence-corrected chi connectivity index (χ4v) is 4.36. The van der Waals surface area contributed by atoms with Gasteiger partial charge in [-0.05, 0) is 24.3 Å². The number of para-hydroxylation sites is 2. The third-order valence-corrected chi connectivity index (χ3v) is 5.93. The Morgan fingerprint density at radius 2 is 1.92 bits per heavy atom. The molecular formula is C19H16N4OS2. The molecule has 2 aromatic carbocycles. The molecule has 0 aliphatic rings. The molecule has 5 nitrogen and oxygen atoms in total. The summed E-state index contributed by atoms with van der Waals surface area (Å²) in [6.07, 6.45) is 3.70. The minimum atomic E-state index is -0.0123. The predicted octanol–water partition coefficient (Wildman–Crippen LogP) is 3.89. The summed E-state index contributed by atoms with van der Waals surface area (Å²) in [4.78, 5) is 16.6. The van der Waals surface area contributed by atoms with Gasteiger partial charge in [-0.2, -0.15) is 5.10 Å². The van der Waals surface area contributed by atoms with Crippen molar-refractivity contribution in [2.45, 2.75) is 10.9 Å². The molecule has 0 aliphatic carbocycles. The number of hydrogen-bond donors (Lipinski definition) is 1. The molecular weight excluding hydrogens is 364 g/mol. The monoisotopic (exact) mass is 380 g/mol. The third-order valence-electron chi connectivity index (χ3n) is 3.75. The number of nitrogens with zero attached hydrogens (tertiary/aromatic N) is 3. The van der Waals surface area contributed by atoms with Gasteiger partial charge in [0.1, 0.15) is 0 Å². The van der Waals surface area contributed by atoms with E-state index in [1.54, 1.807) is 22.2 Å². The Balaban J connectivity index is 1.29. The molecule has 0 bridgehead atoms. The van der Waals surface area contributed by atoms with Gasteiger partial charge in [-0.15, -0.1) is 11.3 Å². The van der Waals surface area contributed by atoms with Gasteiger partial charge in [-0.25, -0.2) is 9.67 Å². The van der Waals surface area contributed by atoms with Crippen LogP contribution >= 0.6 is 23.1 Å². The summed E-state index contributed by atoms with van der Waals surface area (Å²) in [6.45, 7) is 0.464. The van der Waals surface area contributed by atoms with Crippen LogP contribution in [0, 0.1) is 0 Å². The van der Waals surface area contributed by atoms with Crippen LogP contribution in [0.1, 0.15) is 5.56 Å². The normalized spacial score (nSPS) is 10.9. The summed E-state index contributed by atoms with van der Waals surface area (Å²) < 4.78 is 3.86. The van der Waals surface area contributed by atoms with Crippen molar-refractivity contribution < 1.29 is 4.79 Å². The van der Waals surface area contributed by atoms with Crippen LogP contribution in [-0.4, -0.2) is 26.4 Å². The van der Waals surface area contributed by atoms with E-state index in [1.165, 1.54) is 11.8 Å². The number of carbonyl (C=O) groups excluding carboxylic acids is 1. The van der Waals surface area contributed by atoms with E-state index in [4.69, 9.17) is 0 Å². The molecule has 1 N–H and O–H groups in total. The SMILES string of the molecule is O=C(CSc1nc2ccccc2s1)NCc1cnn(-c2ccccc2)c1. The average Bonchev–Trinajstić information content (AvgIpc) is 3.32. The van der Waals surface area contributed by atoms with Gasteiger partial charge in [-0.1, -0.05) is 42.1 Å². The molecule has 0 aliphatic heterocycles. The summed E-state index contributed by atoms with van der Waals surface area (Å²) in [6, 6.07) is 17.9. The van der Waals surface area contributed by atoms with Crippen LogP contribution in [0.2, 0.25) is 0 Å². The lowest BCUT2D eigenvalue weighted by molar-refractivity contribution is -0.118. The second-order valence-electron chi connectivity index (χ2n) is 5.64. The van der Waals surface area contributed by atoms with Crippen LogP contribution < -0.4 is 5.32 Å². The first-order valence-corrected chi connectivity index (χ1v) is 9.92. The molecule has 4 rings (SSSR count). The van der Waals surface area contributed by atoms with Crippen LogP contribution in [0.25, 0.3) is 15.9 Å². The largest absolute Gasteiger partial charge is 0.351 e. The first-order chi connectivity index (χ1) is 12.8. The number of rotatable bonds is 6. The van der Waals surface area contributed by atoms with Crippen molar-refractivity contribution in [3.8, 4) is 5.69 Å². The maximum Gasteiger partial charge on any atom is 0.230 e. The first kappa shape index (κ1) is 16.8. The van der Waals surface area contributed by atoms with Crippen molar-refractivity contribution in [3.05, 3.63) is 72.6 Å². The fraction of sp³-hybridized carbons (Fsp3) is 0.105. The number of fused-ring (bicyclic) bond motifs is 1. The lowest BCUT2D eigenvalue weighted by atomic mass is 10.3. The highest BCUT2D eigenvalue weighted by Gasteiger charge is 2.08. The zero-order valence-corrected chi connectivity index (χ0v) is 15.5. The van der Waals surface area contributed by atoms with Crippen LogP contribution in [0.3, 0.4) is 0 Å². The Kier molecular flexibility index (Phi) is 4.99. The Labute approximate surface area is 159 Å². The summed E-state index contributed by atoms with van der Waals surface area (Å²) in [5.74, 6) is 0.342. The van der Waals surface area contributed by atoms with Gasteiger partial charge < -0.3 is 5.32 Å². The molecule has 130 valence electrons. The van der Waals surface area contributed by atoms with Crippen molar-refractivity contribution in [1.29, 1.82) is 0 Å². The van der Waals surface area contributed by atoms with E-state index in [1.807, 2.05) is 60.8 Å². The number of carbonyl (C=O) groups is 1. The van der Waals surface area contributed by atoms with Crippen molar-refractivity contribution in [2.24, 2.45) is 0 Å². The molecule has 0 unspecified atom stereocenters. The van der Waals surface area contributed by atoms with E-state index >= 15 is 0 Å². The molecule has 0 atom stereocenters. The molecule has 0 radical (unpaired) electrons. The Morgan fingerprint density at radius 1 is 1.12 bits per heavy atom. The Bertz CT molecular complexity index is 993. The van der Waals surface area contributed by atoms with E-state index < -0.39 is 0 Å². The van der Waals surface area contributed by atoms with E-state index in [0.29, 0.717) is 12.3 Å². The van der Waals surface area contributed by atoms with Gasteiger partial charge in [0.2, 0.25) is 5.91 Å². The van der Waals surface area contributed by atoms with Gasteiger partial charge in [0.25, 0.3) is 0 Å². The third kappa shape index (κ3) is 3.95. The quantitative estimate of drug-likeness (QED) is 0.516. The molecule has 7 heteroatoms. The Hall–Kier alpha value is -2.64. The molecule has 0 spiro atoms. The highest BCUT2D eigenvalue weighted by molar-refractivity contribution is 8.01. The number of nitrogens with one attached hydrogen (secondary N) is 1. The van der Waals surface area contributed by atoms with Crippen LogP contribution in [0.4, 0.5) is 0 Å². The highest BCUT2D eigenvalue weighted by atomic mass is 32.2. The lowest BCUT2D eigenvalue weighted by Gasteiger charge is -2.02. The lowest BCUT2D eigenvalue weighted by Crippen LogP contribution is -2.24. The number of amides is 1. The van der Waals surface area contributed by atoms with E-state index in [-0.39, 0.29) is 5.91 Å². The van der Waals surface area contributed by atoms with Gasteiger partial charge in [0.15, 0.2) is 4.34 Å². The van der Waals surface area contributed by atoms with Crippen molar-refractivity contribution in [1.82, 2.24) is 20.1 Å². The van der Waals surface area contributed by atoms with E-state index in [2.05, 4.69) is 15.4 Å². The summed E-state index contributed by atoms with van der Waals surface area (Å²) >= 11 is 3.08. The standard InChI is InChI=1S/C19H16N4OS2/c24-18(13-25-19-22-16-8-4-5-9-17(16)26-19)20-10-14-11-21-23(12-14)15-6-2-1-3-7-15/h1-9,11-12H,10,13H2,(H,20,24). The molecule has 26 heavy (non-hydrogen) atoms. The van der Waals surface area contributed by atoms with Gasteiger partial charge >= 0.3 is 0 Å². The maximum atomic E-state index is 12.1. The summed E-state index contributed by atoms with van der Waals surface area (Å²) in [7, 11) is 0. The number of thioether (sulfide) groups is 1. The van der Waals surface area contributed by atoms with Gasteiger partial charge in [0, 0.05) is 18.3 Å². The van der Waals surface area contributed by atoms with Crippen molar-refractivity contribution >= 4 is 39.2 Å². The molecule has 0 saturated carbocycles. The number of aromatic nitrogens is 3. The molecule has 0 fully saturated rings. The first-order valence-electron chi connectivity index (χ1n) is 8.12. The van der Waals surface area contributed by atoms with Crippen LogP contribution in [0.5, 0.6) is 0 Å². The smallest absolute Gasteiger partial charge is 0.230 e. The second kappa shape index (κ2) is 7.72. The maximum absolute atomic E-state index is 12.1. The zero-order chi connectivity index (χ0) is 17.8. The highest BCUT2D eigenvalue weighted by Crippen LogP contribution is 2.29. The summed E-state index contributed by atoms with van der Waals surface area (Å²) in [5, 5.41) is 7.27. The second-order valence-corrected chi connectivity index (χ2v) is 7.89. The molecule has 2 heterocycles. The van der Waals surface area contributed by atoms with Crippen LogP contribution in [0.15, 0.2) is 71.3 Å². The van der Waals surface area contributed by atoms with E-state index in [9.17, 15) is 4.79 Å². The van der Waals surface area contributed by atoms with Crippen molar-refractivity contribution in [2.75, 3.05) is 5.75 Å². The molecule has 2 aromatic heterocycles. The number of benzene rings is 2. The predicted molar refractivity (Wildman–Crippen MR) is 106 cm³/mol. The fourth-order valence-electron chi connectivity index (χ4n) is 2.47. The molecule has 4 aromatic rings. The van der Waals surface area contributed by atoms with E-state index in [0.717, 1.165) is 25.8 Å².